The maximum absolute atomic E-state index is 6.60. The molecule has 0 aliphatic heterocycles. The molecule has 12 aromatic rings. The van der Waals surface area contributed by atoms with Crippen LogP contribution in [0.15, 0.2) is 205 Å². The molecule has 0 bridgehead atoms. The summed E-state index contributed by atoms with van der Waals surface area (Å²) in [5, 5.41) is 11.4. The molecule has 4 nitrogen and oxygen atoms in total. The summed E-state index contributed by atoms with van der Waals surface area (Å²) in [4.78, 5) is 16.2. The molecular weight excluding hydrogens is 719 g/mol. The van der Waals surface area contributed by atoms with Crippen molar-refractivity contribution in [2.24, 2.45) is 0 Å². The molecule has 12 rings (SSSR count). The van der Waals surface area contributed by atoms with Gasteiger partial charge in [-0.05, 0) is 89.6 Å². The quantitative estimate of drug-likeness (QED) is 0.164. The number of hydrogen-bond acceptors (Lipinski definition) is 4. The Labute approximate surface area is 339 Å². The lowest BCUT2D eigenvalue weighted by Crippen LogP contribution is -2.02. The number of benzene rings is 10. The van der Waals surface area contributed by atoms with Crippen LogP contribution in [0.3, 0.4) is 0 Å². The zero-order valence-corrected chi connectivity index (χ0v) is 31.8. The first kappa shape index (κ1) is 33.2. The van der Waals surface area contributed by atoms with Gasteiger partial charge in [-0.15, -0.1) is 0 Å². The van der Waals surface area contributed by atoms with E-state index >= 15 is 0 Å². The zero-order chi connectivity index (χ0) is 38.9. The van der Waals surface area contributed by atoms with Gasteiger partial charge in [-0.3, -0.25) is 0 Å². The van der Waals surface area contributed by atoms with Crippen molar-refractivity contribution in [3.63, 3.8) is 0 Å². The van der Waals surface area contributed by atoms with E-state index in [2.05, 4.69) is 182 Å². The van der Waals surface area contributed by atoms with E-state index in [1.54, 1.807) is 0 Å². The third-order valence-corrected chi connectivity index (χ3v) is 11.7. The van der Waals surface area contributed by atoms with Crippen molar-refractivity contribution in [1.82, 2.24) is 15.0 Å². The molecule has 0 unspecified atom stereocenters. The lowest BCUT2D eigenvalue weighted by molar-refractivity contribution is 0.669. The number of hydrogen-bond donors (Lipinski definition) is 0. The van der Waals surface area contributed by atoms with Gasteiger partial charge in [0.1, 0.15) is 11.2 Å². The first-order valence-electron chi connectivity index (χ1n) is 19.9. The summed E-state index contributed by atoms with van der Waals surface area (Å²) in [5.74, 6) is 1.73. The van der Waals surface area contributed by atoms with Crippen LogP contribution in [0.5, 0.6) is 0 Å². The van der Waals surface area contributed by atoms with Crippen LogP contribution in [0.1, 0.15) is 0 Å². The third kappa shape index (κ3) is 5.42. The molecule has 0 N–H and O–H groups in total. The van der Waals surface area contributed by atoms with E-state index < -0.39 is 0 Å². The second-order valence-corrected chi connectivity index (χ2v) is 15.1. The minimum absolute atomic E-state index is 0.549. The highest BCUT2D eigenvalue weighted by Gasteiger charge is 2.22. The van der Waals surface area contributed by atoms with Gasteiger partial charge >= 0.3 is 0 Å². The highest BCUT2D eigenvalue weighted by atomic mass is 16.3. The molecule has 274 valence electrons. The normalized spacial score (nSPS) is 11.7. The Morgan fingerprint density at radius 2 is 0.864 bits per heavy atom. The summed E-state index contributed by atoms with van der Waals surface area (Å²) in [6.45, 7) is 0. The van der Waals surface area contributed by atoms with Crippen molar-refractivity contribution in [2.75, 3.05) is 0 Å². The lowest BCUT2D eigenvalue weighted by atomic mass is 9.88. The minimum atomic E-state index is 0.549. The van der Waals surface area contributed by atoms with Crippen LogP contribution < -0.4 is 0 Å². The topological polar surface area (TPSA) is 51.8 Å². The molecule has 10 aromatic carbocycles. The second-order valence-electron chi connectivity index (χ2n) is 15.1. The molecule has 0 saturated heterocycles. The van der Waals surface area contributed by atoms with E-state index in [1.165, 1.54) is 32.3 Å². The van der Waals surface area contributed by atoms with Crippen LogP contribution in [-0.4, -0.2) is 15.0 Å². The SMILES string of the molecule is c1cc(-c2nc(-c3c(-c4cc5ccccc5c5ccccc45)ccc4ccccc34)nc(-c3cccc4c3oc3ccccc34)n2)cc(-c2cccc3ccccc23)c1. The standard InChI is InChI=1S/C55H33N3O/c1-4-20-39-34(14-1)17-12-26-40(39)36-18-11-19-38(32-36)53-56-54(48-28-13-27-47-45-25-9-10-29-50(45)59-52(47)48)58-55(57-53)51-42-22-6-2-15-35(42)30-31-46(51)49-33-37-16-3-5-21-41(37)43-23-7-8-24-44(43)49/h1-33H. The minimum Gasteiger partial charge on any atom is -0.455 e. The number of furan rings is 1. The van der Waals surface area contributed by atoms with Gasteiger partial charge in [-0.1, -0.05) is 176 Å². The summed E-state index contributed by atoms with van der Waals surface area (Å²) in [6.07, 6.45) is 0. The van der Waals surface area contributed by atoms with E-state index in [1.807, 2.05) is 18.2 Å². The smallest absolute Gasteiger partial charge is 0.167 e. The lowest BCUT2D eigenvalue weighted by Gasteiger charge is -2.17. The van der Waals surface area contributed by atoms with Gasteiger partial charge < -0.3 is 4.42 Å². The van der Waals surface area contributed by atoms with E-state index in [4.69, 9.17) is 19.4 Å². The Balaban J connectivity index is 1.16. The highest BCUT2D eigenvalue weighted by Crippen LogP contribution is 2.43. The predicted molar refractivity (Wildman–Crippen MR) is 244 cm³/mol. The largest absolute Gasteiger partial charge is 0.455 e. The van der Waals surface area contributed by atoms with Crippen LogP contribution in [0, 0.1) is 0 Å². The summed E-state index contributed by atoms with van der Waals surface area (Å²) in [7, 11) is 0. The van der Waals surface area contributed by atoms with Gasteiger partial charge in [0.25, 0.3) is 0 Å². The molecule has 4 heteroatoms. The van der Waals surface area contributed by atoms with Crippen molar-refractivity contribution in [3.05, 3.63) is 200 Å². The van der Waals surface area contributed by atoms with Gasteiger partial charge in [0.15, 0.2) is 17.5 Å². The number of nitrogens with zero attached hydrogens (tertiary/aromatic N) is 3. The first-order valence-corrected chi connectivity index (χ1v) is 19.9. The predicted octanol–water partition coefficient (Wildman–Crippen LogP) is 14.7. The van der Waals surface area contributed by atoms with Crippen LogP contribution in [0.2, 0.25) is 0 Å². The number of rotatable bonds is 5. The number of para-hydroxylation sites is 2. The maximum Gasteiger partial charge on any atom is 0.167 e. The molecule has 59 heavy (non-hydrogen) atoms. The second kappa shape index (κ2) is 13.3. The van der Waals surface area contributed by atoms with Crippen molar-refractivity contribution in [3.8, 4) is 56.4 Å². The fourth-order valence-electron chi connectivity index (χ4n) is 8.98. The summed E-state index contributed by atoms with van der Waals surface area (Å²) in [6, 6.07) is 70.5. The summed E-state index contributed by atoms with van der Waals surface area (Å²) >= 11 is 0. The molecule has 0 aliphatic rings. The average Bonchev–Trinajstić information content (AvgIpc) is 3.70. The van der Waals surface area contributed by atoms with Crippen molar-refractivity contribution >= 4 is 65.0 Å². The molecule has 0 fully saturated rings. The van der Waals surface area contributed by atoms with Gasteiger partial charge in [0.2, 0.25) is 0 Å². The van der Waals surface area contributed by atoms with Crippen LogP contribution in [-0.2, 0) is 0 Å². The summed E-state index contributed by atoms with van der Waals surface area (Å²) in [5.41, 5.74) is 8.67. The van der Waals surface area contributed by atoms with Crippen LogP contribution in [0.4, 0.5) is 0 Å². The monoisotopic (exact) mass is 751 g/mol. The zero-order valence-electron chi connectivity index (χ0n) is 31.8. The van der Waals surface area contributed by atoms with E-state index in [0.717, 1.165) is 71.7 Å². The Bertz CT molecular complexity index is 3630. The third-order valence-electron chi connectivity index (χ3n) is 11.7. The molecule has 2 heterocycles. The fraction of sp³-hybridized carbons (Fsp3) is 0. The van der Waals surface area contributed by atoms with Crippen LogP contribution >= 0.6 is 0 Å². The fourth-order valence-corrected chi connectivity index (χ4v) is 8.98. The van der Waals surface area contributed by atoms with Crippen molar-refractivity contribution in [1.29, 1.82) is 0 Å². The van der Waals surface area contributed by atoms with Gasteiger partial charge in [-0.25, -0.2) is 15.0 Å². The Hall–Kier alpha value is -7.95. The molecule has 0 saturated carbocycles. The molecule has 0 spiro atoms. The molecule has 0 atom stereocenters. The number of fused-ring (bicyclic) bond motifs is 8. The van der Waals surface area contributed by atoms with Gasteiger partial charge in [0.05, 0.1) is 5.56 Å². The molecule has 0 radical (unpaired) electrons. The molecule has 2 aromatic heterocycles. The van der Waals surface area contributed by atoms with Crippen molar-refractivity contribution in [2.45, 2.75) is 0 Å². The Morgan fingerprint density at radius 3 is 1.73 bits per heavy atom. The summed E-state index contributed by atoms with van der Waals surface area (Å²) < 4.78 is 6.60. The highest BCUT2D eigenvalue weighted by molar-refractivity contribution is 6.16. The number of aromatic nitrogens is 3. The molecule has 0 aliphatic carbocycles. The van der Waals surface area contributed by atoms with Crippen LogP contribution in [0.25, 0.3) is 121 Å². The van der Waals surface area contributed by atoms with Crippen molar-refractivity contribution < 1.29 is 4.42 Å². The molecule has 0 amide bonds. The Morgan fingerprint density at radius 1 is 0.288 bits per heavy atom. The van der Waals surface area contributed by atoms with Gasteiger partial charge in [-0.2, -0.15) is 0 Å². The van der Waals surface area contributed by atoms with Gasteiger partial charge in [0, 0.05) is 21.9 Å². The van der Waals surface area contributed by atoms with E-state index in [0.29, 0.717) is 17.5 Å². The first-order chi connectivity index (χ1) is 29.2. The van der Waals surface area contributed by atoms with E-state index in [9.17, 15) is 0 Å². The molecular formula is C55H33N3O. The Kier molecular flexibility index (Phi) is 7.50. The van der Waals surface area contributed by atoms with E-state index in [-0.39, 0.29) is 0 Å². The average molecular weight is 752 g/mol. The maximum atomic E-state index is 6.60.